The number of hydrogen-bond donors (Lipinski definition) is 2. The molecule has 1 aliphatic carbocycles. The number of aromatic amines is 1. The van der Waals surface area contributed by atoms with Crippen LogP contribution in [0.25, 0.3) is 22.2 Å². The molecule has 3 aromatic carbocycles. The quantitative estimate of drug-likeness (QED) is 0.381. The summed E-state index contributed by atoms with van der Waals surface area (Å²) in [5.74, 6) is 1.77. The minimum Gasteiger partial charge on any atom is -0.493 e. The fourth-order valence-electron chi connectivity index (χ4n) is 4.17. The van der Waals surface area contributed by atoms with E-state index in [0.717, 1.165) is 44.7 Å². The molecular weight excluding hydrogens is 390 g/mol. The molecule has 0 amide bonds. The van der Waals surface area contributed by atoms with E-state index in [-0.39, 0.29) is 0 Å². The minimum atomic E-state index is 0.557. The van der Waals surface area contributed by atoms with E-state index in [1.54, 1.807) is 21.3 Å². The number of aromatic nitrogens is 1. The van der Waals surface area contributed by atoms with E-state index in [0.29, 0.717) is 17.2 Å². The first-order valence-electron chi connectivity index (χ1n) is 10.0. The monoisotopic (exact) mass is 413 g/mol. The average molecular weight is 413 g/mol. The normalized spacial score (nSPS) is 13.2. The van der Waals surface area contributed by atoms with Crippen molar-refractivity contribution in [2.75, 3.05) is 26.8 Å². The molecule has 0 atom stereocenters. The van der Waals surface area contributed by atoms with Crippen LogP contribution in [-0.4, -0.2) is 32.0 Å². The number of hydrazone groups is 1. The summed E-state index contributed by atoms with van der Waals surface area (Å²) in [6, 6.07) is 18.3. The highest BCUT2D eigenvalue weighted by atomic mass is 16.5. The van der Waals surface area contributed by atoms with Gasteiger partial charge in [-0.05, 0) is 31.2 Å². The molecule has 0 saturated carbocycles. The number of para-hydroxylation sites is 1. The maximum absolute atomic E-state index is 5.80. The number of anilines is 1. The van der Waals surface area contributed by atoms with Gasteiger partial charge in [-0.3, -0.25) is 5.43 Å². The van der Waals surface area contributed by atoms with Crippen molar-refractivity contribution in [3.63, 3.8) is 0 Å². The van der Waals surface area contributed by atoms with Crippen LogP contribution in [0.2, 0.25) is 0 Å². The number of hydrogen-bond acceptors (Lipinski definition) is 5. The lowest BCUT2D eigenvalue weighted by Crippen LogP contribution is -2.05. The van der Waals surface area contributed by atoms with Gasteiger partial charge in [0.15, 0.2) is 11.5 Å². The number of nitrogens with one attached hydrogen (secondary N) is 2. The number of rotatable bonds is 5. The molecule has 0 bridgehead atoms. The van der Waals surface area contributed by atoms with E-state index in [9.17, 15) is 0 Å². The van der Waals surface area contributed by atoms with E-state index in [1.165, 1.54) is 5.56 Å². The summed E-state index contributed by atoms with van der Waals surface area (Å²) in [6.45, 7) is 2.06. The highest BCUT2D eigenvalue weighted by Gasteiger charge is 2.35. The van der Waals surface area contributed by atoms with E-state index in [2.05, 4.69) is 41.6 Å². The molecule has 0 saturated heterocycles. The van der Waals surface area contributed by atoms with Crippen molar-refractivity contribution < 1.29 is 14.2 Å². The Kier molecular flexibility index (Phi) is 4.55. The molecule has 6 nitrogen and oxygen atoms in total. The minimum absolute atomic E-state index is 0.557. The SMILES string of the molecule is COc1cc2c(c(OC)c1OC)-c1[nH]c3ccccc3c1/C2=N/Nc1ccc(C)cc1. The van der Waals surface area contributed by atoms with Crippen LogP contribution in [0.3, 0.4) is 0 Å². The predicted octanol–water partition coefficient (Wildman–Crippen LogP) is 5.35. The highest BCUT2D eigenvalue weighted by Crippen LogP contribution is 2.52. The number of benzene rings is 3. The fraction of sp³-hybridized carbons (Fsp3) is 0.160. The second-order valence-corrected chi connectivity index (χ2v) is 7.43. The van der Waals surface area contributed by atoms with Gasteiger partial charge in [0.1, 0.15) is 5.71 Å². The summed E-state index contributed by atoms with van der Waals surface area (Å²) in [7, 11) is 4.87. The smallest absolute Gasteiger partial charge is 0.204 e. The van der Waals surface area contributed by atoms with Crippen LogP contribution in [0, 0.1) is 6.92 Å². The van der Waals surface area contributed by atoms with Gasteiger partial charge in [0.25, 0.3) is 0 Å². The van der Waals surface area contributed by atoms with Crippen LogP contribution in [0.4, 0.5) is 5.69 Å². The first kappa shape index (κ1) is 19.1. The van der Waals surface area contributed by atoms with Gasteiger partial charge in [-0.2, -0.15) is 5.10 Å². The lowest BCUT2D eigenvalue weighted by Gasteiger charge is -2.16. The molecule has 1 heterocycles. The van der Waals surface area contributed by atoms with Crippen LogP contribution in [0.5, 0.6) is 17.2 Å². The summed E-state index contributed by atoms with van der Waals surface area (Å²) >= 11 is 0. The Morgan fingerprint density at radius 1 is 0.839 bits per heavy atom. The van der Waals surface area contributed by atoms with Gasteiger partial charge in [0.2, 0.25) is 5.75 Å². The number of nitrogens with zero attached hydrogens (tertiary/aromatic N) is 1. The maximum atomic E-state index is 5.80. The Bertz CT molecular complexity index is 1320. The number of methoxy groups -OCH3 is 3. The third kappa shape index (κ3) is 2.91. The molecule has 0 unspecified atom stereocenters. The molecule has 4 aromatic rings. The zero-order valence-electron chi connectivity index (χ0n) is 17.9. The van der Waals surface area contributed by atoms with Crippen LogP contribution in [0.1, 0.15) is 16.7 Å². The number of ether oxygens (including phenoxy) is 3. The first-order chi connectivity index (χ1) is 15.2. The molecule has 6 heteroatoms. The summed E-state index contributed by atoms with van der Waals surface area (Å²) < 4.78 is 17.0. The molecule has 31 heavy (non-hydrogen) atoms. The summed E-state index contributed by atoms with van der Waals surface area (Å²) in [5, 5.41) is 5.92. The largest absolute Gasteiger partial charge is 0.493 e. The Morgan fingerprint density at radius 3 is 2.29 bits per heavy atom. The van der Waals surface area contributed by atoms with Gasteiger partial charge in [-0.25, -0.2) is 0 Å². The topological polar surface area (TPSA) is 67.9 Å². The maximum Gasteiger partial charge on any atom is 0.204 e. The highest BCUT2D eigenvalue weighted by molar-refractivity contribution is 6.31. The van der Waals surface area contributed by atoms with Gasteiger partial charge in [0.05, 0.1) is 38.3 Å². The summed E-state index contributed by atoms with van der Waals surface area (Å²) in [6.07, 6.45) is 0. The van der Waals surface area contributed by atoms with Gasteiger partial charge >= 0.3 is 0 Å². The Morgan fingerprint density at radius 2 is 1.58 bits per heavy atom. The zero-order chi connectivity index (χ0) is 21.5. The molecule has 0 spiro atoms. The van der Waals surface area contributed by atoms with Gasteiger partial charge in [-0.1, -0.05) is 35.9 Å². The Hall–Kier alpha value is -3.93. The van der Waals surface area contributed by atoms with Crippen molar-refractivity contribution in [1.82, 2.24) is 4.98 Å². The Balaban J connectivity index is 1.78. The molecule has 2 N–H and O–H groups in total. The van der Waals surface area contributed by atoms with Crippen molar-refractivity contribution in [3.05, 3.63) is 71.3 Å². The second kappa shape index (κ2) is 7.40. The average Bonchev–Trinajstić information content (AvgIpc) is 3.31. The van der Waals surface area contributed by atoms with Crippen LogP contribution in [-0.2, 0) is 0 Å². The molecule has 0 radical (unpaired) electrons. The van der Waals surface area contributed by atoms with Crippen LogP contribution in [0.15, 0.2) is 59.7 Å². The molecule has 5 rings (SSSR count). The van der Waals surface area contributed by atoms with Gasteiger partial charge < -0.3 is 19.2 Å². The van der Waals surface area contributed by atoms with Crippen molar-refractivity contribution in [2.45, 2.75) is 6.92 Å². The first-order valence-corrected chi connectivity index (χ1v) is 10.0. The summed E-state index contributed by atoms with van der Waals surface area (Å²) in [5.41, 5.74) is 11.0. The van der Waals surface area contributed by atoms with Crippen molar-refractivity contribution in [1.29, 1.82) is 0 Å². The molecule has 0 fully saturated rings. The molecule has 1 aliphatic rings. The third-order valence-electron chi connectivity index (χ3n) is 5.63. The van der Waals surface area contributed by atoms with E-state index < -0.39 is 0 Å². The molecule has 156 valence electrons. The number of H-pyrrole nitrogens is 1. The van der Waals surface area contributed by atoms with Crippen molar-refractivity contribution in [2.24, 2.45) is 5.10 Å². The van der Waals surface area contributed by atoms with Gasteiger partial charge in [0, 0.05) is 22.0 Å². The second-order valence-electron chi connectivity index (χ2n) is 7.43. The zero-order valence-corrected chi connectivity index (χ0v) is 17.9. The van der Waals surface area contributed by atoms with Crippen LogP contribution < -0.4 is 19.6 Å². The third-order valence-corrected chi connectivity index (χ3v) is 5.63. The number of fused-ring (bicyclic) bond motifs is 5. The van der Waals surface area contributed by atoms with Crippen molar-refractivity contribution in [3.8, 4) is 28.5 Å². The predicted molar refractivity (Wildman–Crippen MR) is 124 cm³/mol. The lowest BCUT2D eigenvalue weighted by atomic mass is 10.0. The Labute approximate surface area is 180 Å². The van der Waals surface area contributed by atoms with Crippen LogP contribution >= 0.6 is 0 Å². The molecule has 1 aromatic heterocycles. The molecular formula is C25H23N3O3. The lowest BCUT2D eigenvalue weighted by molar-refractivity contribution is 0.325. The van der Waals surface area contributed by atoms with E-state index >= 15 is 0 Å². The molecule has 0 aliphatic heterocycles. The standard InChI is InChI=1S/C25H23N3O3/c1-14-9-11-15(12-10-14)27-28-22-17-13-19(29-2)24(30-3)25(31-4)21(17)23-20(22)16-7-5-6-8-18(16)26-23/h5-13,26-27H,1-4H3/b28-22+. The summed E-state index contributed by atoms with van der Waals surface area (Å²) in [4.78, 5) is 3.55. The van der Waals surface area contributed by atoms with Crippen molar-refractivity contribution >= 4 is 22.3 Å². The number of aryl methyl sites for hydroxylation is 1. The van der Waals surface area contributed by atoms with Gasteiger partial charge in [-0.15, -0.1) is 0 Å². The van der Waals surface area contributed by atoms with E-state index in [4.69, 9.17) is 19.3 Å². The van der Waals surface area contributed by atoms with E-state index in [1.807, 2.05) is 30.3 Å². The fourth-order valence-corrected chi connectivity index (χ4v) is 4.17.